The predicted octanol–water partition coefficient (Wildman–Crippen LogP) is 2.32. The molecule has 0 aliphatic heterocycles. The second kappa shape index (κ2) is 8.62. The number of hydrogen-bond donors (Lipinski definition) is 1. The van der Waals surface area contributed by atoms with E-state index in [1.165, 1.54) is 0 Å². The predicted molar refractivity (Wildman–Crippen MR) is 87.7 cm³/mol. The molecule has 1 unspecified atom stereocenters. The van der Waals surface area contributed by atoms with Gasteiger partial charge < -0.3 is 15.1 Å². The quantitative estimate of drug-likeness (QED) is 0.799. The summed E-state index contributed by atoms with van der Waals surface area (Å²) >= 11 is 0. The van der Waals surface area contributed by atoms with E-state index in [0.717, 1.165) is 25.2 Å². The third kappa shape index (κ3) is 5.34. The number of aromatic nitrogens is 1. The molecule has 1 heterocycles. The molecule has 0 aliphatic carbocycles. The van der Waals surface area contributed by atoms with Gasteiger partial charge in [-0.15, -0.1) is 0 Å². The number of nitrogens with zero attached hydrogens (tertiary/aromatic N) is 3. The van der Waals surface area contributed by atoms with Crippen molar-refractivity contribution in [2.24, 2.45) is 0 Å². The maximum absolute atomic E-state index is 12.5. The van der Waals surface area contributed by atoms with Gasteiger partial charge in [0, 0.05) is 25.7 Å². The Bertz CT molecular complexity index is 430. The summed E-state index contributed by atoms with van der Waals surface area (Å²) in [5, 5.41) is 3.26. The van der Waals surface area contributed by atoms with Crippen LogP contribution in [0, 0.1) is 0 Å². The Morgan fingerprint density at radius 3 is 2.52 bits per heavy atom. The summed E-state index contributed by atoms with van der Waals surface area (Å²) in [6.45, 7) is 8.63. The molecule has 1 atom stereocenters. The average molecular weight is 292 g/mol. The Hall–Kier alpha value is -1.62. The number of carbonyl (C=O) groups is 1. The minimum Gasteiger partial charge on any atom is -0.384 e. The van der Waals surface area contributed by atoms with Crippen molar-refractivity contribution in [1.29, 1.82) is 0 Å². The Labute approximate surface area is 128 Å². The molecule has 118 valence electrons. The van der Waals surface area contributed by atoms with E-state index in [-0.39, 0.29) is 11.9 Å². The van der Waals surface area contributed by atoms with E-state index in [1.807, 2.05) is 32.0 Å². The Balaban J connectivity index is 2.75. The number of likely N-dealkylation sites (N-methyl/N-ethyl adjacent to an activating group) is 2. The Morgan fingerprint density at radius 1 is 1.33 bits per heavy atom. The summed E-state index contributed by atoms with van der Waals surface area (Å²) in [7, 11) is 4.03. The zero-order valence-electron chi connectivity index (χ0n) is 13.9. The summed E-state index contributed by atoms with van der Waals surface area (Å²) in [5.41, 5.74) is 1.46. The van der Waals surface area contributed by atoms with Gasteiger partial charge in [0.15, 0.2) is 0 Å². The summed E-state index contributed by atoms with van der Waals surface area (Å²) in [4.78, 5) is 20.8. The Morgan fingerprint density at radius 2 is 2.05 bits per heavy atom. The van der Waals surface area contributed by atoms with Gasteiger partial charge in [0.05, 0.1) is 11.9 Å². The second-order valence-electron chi connectivity index (χ2n) is 5.56. The molecule has 0 bridgehead atoms. The first-order chi connectivity index (χ1) is 9.99. The van der Waals surface area contributed by atoms with Crippen LogP contribution in [-0.4, -0.2) is 60.5 Å². The lowest BCUT2D eigenvalue weighted by Gasteiger charge is -2.29. The van der Waals surface area contributed by atoms with E-state index in [9.17, 15) is 4.79 Å². The summed E-state index contributed by atoms with van der Waals surface area (Å²) < 4.78 is 0. The van der Waals surface area contributed by atoms with E-state index in [1.54, 1.807) is 12.3 Å². The zero-order valence-corrected chi connectivity index (χ0v) is 13.9. The smallest absolute Gasteiger partial charge is 0.272 e. The highest BCUT2D eigenvalue weighted by atomic mass is 16.2. The molecule has 0 radical (unpaired) electrons. The maximum Gasteiger partial charge on any atom is 0.272 e. The number of nitrogens with one attached hydrogen (secondary N) is 1. The first-order valence-corrected chi connectivity index (χ1v) is 7.65. The molecule has 5 nitrogen and oxygen atoms in total. The van der Waals surface area contributed by atoms with Crippen LogP contribution in [0.25, 0.3) is 0 Å². The lowest BCUT2D eigenvalue weighted by molar-refractivity contribution is 0.0673. The molecule has 5 heteroatoms. The molecule has 0 saturated heterocycles. The fourth-order valence-corrected chi connectivity index (χ4v) is 2.32. The lowest BCUT2D eigenvalue weighted by Crippen LogP contribution is -2.44. The van der Waals surface area contributed by atoms with Crippen molar-refractivity contribution >= 4 is 11.6 Å². The van der Waals surface area contributed by atoms with Crippen LogP contribution in [0.15, 0.2) is 18.3 Å². The van der Waals surface area contributed by atoms with Crippen LogP contribution in [0.3, 0.4) is 0 Å². The van der Waals surface area contributed by atoms with Crippen LogP contribution in [-0.2, 0) is 0 Å². The van der Waals surface area contributed by atoms with E-state index < -0.39 is 0 Å². The highest BCUT2D eigenvalue weighted by molar-refractivity contribution is 5.92. The van der Waals surface area contributed by atoms with E-state index in [2.05, 4.69) is 29.0 Å². The molecule has 0 saturated carbocycles. The molecule has 1 amide bonds. The van der Waals surface area contributed by atoms with Crippen LogP contribution < -0.4 is 5.32 Å². The molecule has 1 aromatic rings. The number of anilines is 1. The van der Waals surface area contributed by atoms with Crippen molar-refractivity contribution in [3.8, 4) is 0 Å². The van der Waals surface area contributed by atoms with Gasteiger partial charge in [0.2, 0.25) is 0 Å². The number of rotatable bonds is 8. The molecule has 1 rings (SSSR count). The SMILES string of the molecule is CCCNc1ccc(C(=O)N(CC)C(C)CN(C)C)nc1. The molecule has 1 aromatic heterocycles. The average Bonchev–Trinajstić information content (AvgIpc) is 2.45. The van der Waals surface area contributed by atoms with Crippen LogP contribution in [0.1, 0.15) is 37.7 Å². The fourth-order valence-electron chi connectivity index (χ4n) is 2.32. The van der Waals surface area contributed by atoms with Gasteiger partial charge in [-0.25, -0.2) is 4.98 Å². The van der Waals surface area contributed by atoms with Gasteiger partial charge in [0.1, 0.15) is 5.69 Å². The van der Waals surface area contributed by atoms with Crippen LogP contribution >= 0.6 is 0 Å². The second-order valence-corrected chi connectivity index (χ2v) is 5.56. The number of hydrogen-bond acceptors (Lipinski definition) is 4. The monoisotopic (exact) mass is 292 g/mol. The fraction of sp³-hybridized carbons (Fsp3) is 0.625. The molecule has 0 aliphatic rings. The first-order valence-electron chi connectivity index (χ1n) is 7.65. The molecular formula is C16H28N4O. The van der Waals surface area contributed by atoms with Gasteiger partial charge in [-0.2, -0.15) is 0 Å². The van der Waals surface area contributed by atoms with Crippen molar-refractivity contribution in [1.82, 2.24) is 14.8 Å². The largest absolute Gasteiger partial charge is 0.384 e. The first kappa shape index (κ1) is 17.4. The molecule has 21 heavy (non-hydrogen) atoms. The molecule has 1 N–H and O–H groups in total. The summed E-state index contributed by atoms with van der Waals surface area (Å²) in [6, 6.07) is 3.88. The topological polar surface area (TPSA) is 48.5 Å². The zero-order chi connectivity index (χ0) is 15.8. The maximum atomic E-state index is 12.5. The van der Waals surface area contributed by atoms with Crippen molar-refractivity contribution in [3.63, 3.8) is 0 Å². The summed E-state index contributed by atoms with van der Waals surface area (Å²) in [5.74, 6) is -0.00566. The highest BCUT2D eigenvalue weighted by Crippen LogP contribution is 2.11. The highest BCUT2D eigenvalue weighted by Gasteiger charge is 2.21. The normalized spacial score (nSPS) is 12.3. The minimum atomic E-state index is -0.00566. The van der Waals surface area contributed by atoms with Crippen LogP contribution in [0.4, 0.5) is 5.69 Å². The van der Waals surface area contributed by atoms with Gasteiger partial charge in [0.25, 0.3) is 5.91 Å². The standard InChI is InChI=1S/C16H28N4O/c1-6-10-17-14-8-9-15(18-11-14)16(21)20(7-2)13(3)12-19(4)5/h8-9,11,13,17H,6-7,10,12H2,1-5H3. The number of pyridine rings is 1. The van der Waals surface area contributed by atoms with Crippen molar-refractivity contribution < 1.29 is 4.79 Å². The van der Waals surface area contributed by atoms with Gasteiger partial charge in [-0.1, -0.05) is 6.92 Å². The Kier molecular flexibility index (Phi) is 7.15. The van der Waals surface area contributed by atoms with Crippen molar-refractivity contribution in [2.45, 2.75) is 33.2 Å². The molecule has 0 spiro atoms. The third-order valence-corrected chi connectivity index (χ3v) is 3.32. The van der Waals surface area contributed by atoms with Crippen LogP contribution in [0.2, 0.25) is 0 Å². The van der Waals surface area contributed by atoms with Gasteiger partial charge >= 0.3 is 0 Å². The van der Waals surface area contributed by atoms with E-state index in [0.29, 0.717) is 12.2 Å². The number of carbonyl (C=O) groups excluding carboxylic acids is 1. The molecule has 0 fully saturated rings. The summed E-state index contributed by atoms with van der Waals surface area (Å²) in [6.07, 6.45) is 2.79. The molecular weight excluding hydrogens is 264 g/mol. The van der Waals surface area contributed by atoms with Crippen molar-refractivity contribution in [3.05, 3.63) is 24.0 Å². The third-order valence-electron chi connectivity index (χ3n) is 3.32. The van der Waals surface area contributed by atoms with Gasteiger partial charge in [-0.3, -0.25) is 4.79 Å². The van der Waals surface area contributed by atoms with Crippen molar-refractivity contribution in [2.75, 3.05) is 39.0 Å². The molecule has 0 aromatic carbocycles. The minimum absolute atomic E-state index is 0.00566. The number of amides is 1. The van der Waals surface area contributed by atoms with E-state index in [4.69, 9.17) is 0 Å². The lowest BCUT2D eigenvalue weighted by atomic mass is 10.2. The van der Waals surface area contributed by atoms with Crippen LogP contribution in [0.5, 0.6) is 0 Å². The van der Waals surface area contributed by atoms with E-state index >= 15 is 0 Å². The van der Waals surface area contributed by atoms with Gasteiger partial charge in [-0.05, 0) is 46.5 Å².